The molecule has 19 heavy (non-hydrogen) atoms. The van der Waals surface area contributed by atoms with E-state index in [9.17, 15) is 18.0 Å². The zero-order chi connectivity index (χ0) is 14.2. The van der Waals surface area contributed by atoms with Gasteiger partial charge in [-0.2, -0.15) is 18.3 Å². The van der Waals surface area contributed by atoms with Crippen molar-refractivity contribution in [2.75, 3.05) is 0 Å². The van der Waals surface area contributed by atoms with Gasteiger partial charge in [0.15, 0.2) is 0 Å². The Morgan fingerprint density at radius 2 is 2.00 bits per heavy atom. The number of rotatable bonds is 2. The summed E-state index contributed by atoms with van der Waals surface area (Å²) >= 11 is 0. The molecule has 0 saturated carbocycles. The van der Waals surface area contributed by atoms with Crippen molar-refractivity contribution in [3.63, 3.8) is 0 Å². The SMILES string of the molecule is Cc1ccn(-c2ccc(C(F)(F)F)c(C(=O)O)c2)n1. The number of carbonyl (C=O) groups is 1. The van der Waals surface area contributed by atoms with Crippen molar-refractivity contribution in [3.05, 3.63) is 47.3 Å². The molecule has 0 saturated heterocycles. The molecule has 0 bridgehead atoms. The summed E-state index contributed by atoms with van der Waals surface area (Å²) in [5.41, 5.74) is -1.03. The van der Waals surface area contributed by atoms with Crippen LogP contribution in [0.15, 0.2) is 30.5 Å². The van der Waals surface area contributed by atoms with Gasteiger partial charge in [-0.05, 0) is 31.2 Å². The maximum atomic E-state index is 12.7. The molecular formula is C12H9F3N2O2. The fourth-order valence-electron chi connectivity index (χ4n) is 1.66. The molecule has 2 aromatic rings. The van der Waals surface area contributed by atoms with Crippen molar-refractivity contribution in [2.45, 2.75) is 13.1 Å². The van der Waals surface area contributed by atoms with Gasteiger partial charge in [-0.15, -0.1) is 0 Å². The molecule has 4 nitrogen and oxygen atoms in total. The van der Waals surface area contributed by atoms with Crippen molar-refractivity contribution in [1.29, 1.82) is 0 Å². The van der Waals surface area contributed by atoms with Gasteiger partial charge >= 0.3 is 12.1 Å². The van der Waals surface area contributed by atoms with E-state index in [0.717, 1.165) is 12.1 Å². The highest BCUT2D eigenvalue weighted by Crippen LogP contribution is 2.33. The Morgan fingerprint density at radius 1 is 1.32 bits per heavy atom. The lowest BCUT2D eigenvalue weighted by molar-refractivity contribution is -0.138. The predicted molar refractivity (Wildman–Crippen MR) is 60.3 cm³/mol. The fourth-order valence-corrected chi connectivity index (χ4v) is 1.66. The van der Waals surface area contributed by atoms with Gasteiger partial charge in [-0.3, -0.25) is 0 Å². The first kappa shape index (κ1) is 13.1. The Kier molecular flexibility index (Phi) is 3.05. The average molecular weight is 270 g/mol. The molecule has 0 aliphatic rings. The van der Waals surface area contributed by atoms with Crippen LogP contribution >= 0.6 is 0 Å². The minimum Gasteiger partial charge on any atom is -0.478 e. The molecule has 1 heterocycles. The zero-order valence-corrected chi connectivity index (χ0v) is 9.77. The van der Waals surface area contributed by atoms with Gasteiger partial charge in [0.05, 0.1) is 22.5 Å². The van der Waals surface area contributed by atoms with Crippen LogP contribution in [0.2, 0.25) is 0 Å². The van der Waals surface area contributed by atoms with Crippen LogP contribution in [-0.2, 0) is 6.18 Å². The monoisotopic (exact) mass is 270 g/mol. The maximum Gasteiger partial charge on any atom is 0.417 e. The fraction of sp³-hybridized carbons (Fsp3) is 0.167. The highest BCUT2D eigenvalue weighted by molar-refractivity contribution is 5.90. The average Bonchev–Trinajstić information content (AvgIpc) is 2.74. The van der Waals surface area contributed by atoms with E-state index in [-0.39, 0.29) is 5.69 Å². The summed E-state index contributed by atoms with van der Waals surface area (Å²) in [6.07, 6.45) is -3.16. The van der Waals surface area contributed by atoms with Gasteiger partial charge in [0.2, 0.25) is 0 Å². The number of aromatic nitrogens is 2. The summed E-state index contributed by atoms with van der Waals surface area (Å²) < 4.78 is 39.3. The number of nitrogens with zero attached hydrogens (tertiary/aromatic N) is 2. The molecule has 0 radical (unpaired) electrons. The van der Waals surface area contributed by atoms with Crippen LogP contribution < -0.4 is 0 Å². The number of carboxylic acids is 1. The largest absolute Gasteiger partial charge is 0.478 e. The third kappa shape index (κ3) is 2.59. The normalized spacial score (nSPS) is 11.6. The standard InChI is InChI=1S/C12H9F3N2O2/c1-7-4-5-17(16-7)8-2-3-10(12(13,14)15)9(6-8)11(18)19/h2-6H,1H3,(H,18,19). The summed E-state index contributed by atoms with van der Waals surface area (Å²) in [5, 5.41) is 12.9. The van der Waals surface area contributed by atoms with E-state index >= 15 is 0 Å². The van der Waals surface area contributed by atoms with Crippen LogP contribution in [0, 0.1) is 6.92 Å². The summed E-state index contributed by atoms with van der Waals surface area (Å²) in [5.74, 6) is -1.63. The lowest BCUT2D eigenvalue weighted by atomic mass is 10.1. The van der Waals surface area contributed by atoms with Gasteiger partial charge < -0.3 is 5.11 Å². The van der Waals surface area contributed by atoms with E-state index in [2.05, 4.69) is 5.10 Å². The second-order valence-corrected chi connectivity index (χ2v) is 3.93. The summed E-state index contributed by atoms with van der Waals surface area (Å²) in [6, 6.07) is 4.55. The molecule has 1 aromatic carbocycles. The first-order valence-electron chi connectivity index (χ1n) is 5.26. The number of alkyl halides is 3. The van der Waals surface area contributed by atoms with Crippen molar-refractivity contribution >= 4 is 5.97 Å². The Balaban J connectivity index is 2.57. The van der Waals surface area contributed by atoms with Crippen LogP contribution in [0.5, 0.6) is 0 Å². The molecular weight excluding hydrogens is 261 g/mol. The van der Waals surface area contributed by atoms with Gasteiger partial charge in [0.25, 0.3) is 0 Å². The molecule has 2 rings (SSSR count). The topological polar surface area (TPSA) is 55.1 Å². The zero-order valence-electron chi connectivity index (χ0n) is 9.77. The quantitative estimate of drug-likeness (QED) is 0.912. The van der Waals surface area contributed by atoms with Crippen LogP contribution in [0.4, 0.5) is 13.2 Å². The Hall–Kier alpha value is -2.31. The molecule has 100 valence electrons. The predicted octanol–water partition coefficient (Wildman–Crippen LogP) is 2.90. The van der Waals surface area contributed by atoms with Crippen molar-refractivity contribution in [2.24, 2.45) is 0 Å². The highest BCUT2D eigenvalue weighted by atomic mass is 19.4. The number of aromatic carboxylic acids is 1. The first-order valence-corrected chi connectivity index (χ1v) is 5.26. The van der Waals surface area contributed by atoms with Gasteiger partial charge in [-0.1, -0.05) is 0 Å². The molecule has 7 heteroatoms. The summed E-state index contributed by atoms with van der Waals surface area (Å²) in [7, 11) is 0. The van der Waals surface area contributed by atoms with Crippen LogP contribution in [0.3, 0.4) is 0 Å². The second-order valence-electron chi connectivity index (χ2n) is 3.93. The minimum absolute atomic E-state index is 0.263. The third-order valence-electron chi connectivity index (χ3n) is 2.53. The Labute approximate surface area is 106 Å². The first-order chi connectivity index (χ1) is 8.79. The summed E-state index contributed by atoms with van der Waals surface area (Å²) in [6.45, 7) is 1.72. The minimum atomic E-state index is -4.70. The van der Waals surface area contributed by atoms with Crippen molar-refractivity contribution < 1.29 is 23.1 Å². The molecule has 1 N–H and O–H groups in total. The molecule has 1 aromatic heterocycles. The lowest BCUT2D eigenvalue weighted by Crippen LogP contribution is -2.13. The van der Waals surface area contributed by atoms with Crippen LogP contribution in [0.25, 0.3) is 5.69 Å². The number of hydrogen-bond acceptors (Lipinski definition) is 2. The third-order valence-corrected chi connectivity index (χ3v) is 2.53. The number of carboxylic acid groups (broad SMARTS) is 1. The smallest absolute Gasteiger partial charge is 0.417 e. The summed E-state index contributed by atoms with van der Waals surface area (Å²) in [4.78, 5) is 10.9. The molecule has 0 amide bonds. The lowest BCUT2D eigenvalue weighted by Gasteiger charge is -2.11. The van der Waals surface area contributed by atoms with E-state index in [0.29, 0.717) is 5.69 Å². The number of hydrogen-bond donors (Lipinski definition) is 1. The molecule has 0 fully saturated rings. The number of aryl methyl sites for hydroxylation is 1. The molecule has 0 atom stereocenters. The van der Waals surface area contributed by atoms with Crippen LogP contribution in [-0.4, -0.2) is 20.9 Å². The number of benzene rings is 1. The van der Waals surface area contributed by atoms with E-state index in [1.54, 1.807) is 19.2 Å². The molecule has 0 aliphatic carbocycles. The highest BCUT2D eigenvalue weighted by Gasteiger charge is 2.35. The molecule has 0 aliphatic heterocycles. The molecule has 0 spiro atoms. The van der Waals surface area contributed by atoms with E-state index in [4.69, 9.17) is 5.11 Å². The van der Waals surface area contributed by atoms with E-state index < -0.39 is 23.3 Å². The van der Waals surface area contributed by atoms with Crippen LogP contribution in [0.1, 0.15) is 21.6 Å². The second kappa shape index (κ2) is 4.42. The van der Waals surface area contributed by atoms with Gasteiger partial charge in [-0.25, -0.2) is 9.48 Å². The maximum absolute atomic E-state index is 12.7. The van der Waals surface area contributed by atoms with Crippen molar-refractivity contribution in [1.82, 2.24) is 9.78 Å². The van der Waals surface area contributed by atoms with Gasteiger partial charge in [0, 0.05) is 6.20 Å². The van der Waals surface area contributed by atoms with Gasteiger partial charge in [0.1, 0.15) is 0 Å². The Bertz CT molecular complexity index is 632. The van der Waals surface area contributed by atoms with E-state index in [1.165, 1.54) is 10.7 Å². The van der Waals surface area contributed by atoms with E-state index in [1.807, 2.05) is 0 Å². The number of halogens is 3. The molecule has 0 unspecified atom stereocenters. The van der Waals surface area contributed by atoms with Crippen molar-refractivity contribution in [3.8, 4) is 5.69 Å². The Morgan fingerprint density at radius 3 is 2.47 bits per heavy atom.